The van der Waals surface area contributed by atoms with Crippen LogP contribution in [-0.2, 0) is 13.6 Å². The van der Waals surface area contributed by atoms with Gasteiger partial charge in [-0.15, -0.1) is 0 Å². The van der Waals surface area contributed by atoms with Gasteiger partial charge in [-0.1, -0.05) is 0 Å². The molecule has 9 heavy (non-hydrogen) atoms. The van der Waals surface area contributed by atoms with Crippen molar-refractivity contribution in [3.63, 3.8) is 0 Å². The molecule has 0 aliphatic carbocycles. The zero-order valence-electron chi connectivity index (χ0n) is 5.20. The van der Waals surface area contributed by atoms with Crippen LogP contribution in [0.1, 0.15) is 5.56 Å². The first kappa shape index (κ1) is 5.83. The minimum absolute atomic E-state index is 0.438. The molecule has 46 valence electrons. The molecule has 0 saturated heterocycles. The van der Waals surface area contributed by atoms with Crippen LogP contribution >= 0.6 is 0 Å². The van der Waals surface area contributed by atoms with Crippen LogP contribution in [0.3, 0.4) is 0 Å². The Balaban J connectivity index is 2.76. The third-order valence-corrected chi connectivity index (χ3v) is 1.02. The Bertz CT molecular complexity index is 231. The minimum Gasteiger partial charge on any atom is -0.312 e. The van der Waals surface area contributed by atoms with Crippen molar-refractivity contribution in [2.75, 3.05) is 0 Å². The van der Waals surface area contributed by atoms with Gasteiger partial charge in [0.1, 0.15) is 0 Å². The van der Waals surface area contributed by atoms with Crippen LogP contribution in [0.2, 0.25) is 0 Å². The normalized spacial score (nSPS) is 8.89. The van der Waals surface area contributed by atoms with E-state index in [2.05, 4.69) is 9.94 Å². The summed E-state index contributed by atoms with van der Waals surface area (Å²) in [5.41, 5.74) is 0.979. The van der Waals surface area contributed by atoms with Gasteiger partial charge in [0, 0.05) is 13.2 Å². The molecule has 1 aromatic heterocycles. The molecule has 1 rings (SSSR count). The number of hydrogen-bond donors (Lipinski definition) is 0. The summed E-state index contributed by atoms with van der Waals surface area (Å²) in [5, 5.41) is 3.91. The van der Waals surface area contributed by atoms with Gasteiger partial charge in [0.05, 0.1) is 11.8 Å². The van der Waals surface area contributed by atoms with Crippen molar-refractivity contribution in [3.8, 4) is 0 Å². The van der Waals surface area contributed by atoms with E-state index in [0.717, 1.165) is 5.56 Å². The van der Waals surface area contributed by atoms with E-state index in [1.54, 1.807) is 10.9 Å². The predicted molar refractivity (Wildman–Crippen MR) is 33.5 cm³/mol. The molecule has 0 aliphatic heterocycles. The van der Waals surface area contributed by atoms with Crippen molar-refractivity contribution < 1.29 is 0 Å². The average Bonchev–Trinajstić information content (AvgIpc) is 2.17. The molecule has 0 bridgehead atoms. The maximum atomic E-state index is 6.54. The average molecular weight is 121 g/mol. The fraction of sp³-hybridized carbons (Fsp3) is 0.333. The summed E-state index contributed by atoms with van der Waals surface area (Å²) in [4.78, 5) is 3.22. The van der Waals surface area contributed by atoms with E-state index >= 15 is 0 Å². The predicted octanol–water partition coefficient (Wildman–Crippen LogP) is 0.839. The van der Waals surface area contributed by atoms with Gasteiger partial charge in [-0.25, -0.2) is 6.57 Å². The second-order valence-corrected chi connectivity index (χ2v) is 1.84. The molecule has 0 N–H and O–H groups in total. The minimum atomic E-state index is 0.438. The van der Waals surface area contributed by atoms with Gasteiger partial charge in [-0.05, 0) is 0 Å². The summed E-state index contributed by atoms with van der Waals surface area (Å²) in [7, 11) is 1.84. The van der Waals surface area contributed by atoms with Gasteiger partial charge in [0.2, 0.25) is 6.54 Å². The van der Waals surface area contributed by atoms with Gasteiger partial charge >= 0.3 is 0 Å². The summed E-state index contributed by atoms with van der Waals surface area (Å²) < 4.78 is 1.69. The molecule has 3 nitrogen and oxygen atoms in total. The molecular weight excluding hydrogens is 114 g/mol. The van der Waals surface area contributed by atoms with E-state index in [0.29, 0.717) is 6.54 Å². The maximum Gasteiger partial charge on any atom is 0.242 e. The lowest BCUT2D eigenvalue weighted by atomic mass is 10.4. The molecule has 1 aromatic rings. The molecule has 0 radical (unpaired) electrons. The van der Waals surface area contributed by atoms with Crippen LogP contribution in [0.25, 0.3) is 4.85 Å². The second kappa shape index (κ2) is 2.31. The number of nitrogens with zero attached hydrogens (tertiary/aromatic N) is 3. The summed E-state index contributed by atoms with van der Waals surface area (Å²) in [6.07, 6.45) is 3.55. The highest BCUT2D eigenvalue weighted by molar-refractivity contribution is 5.05. The highest BCUT2D eigenvalue weighted by Crippen LogP contribution is 1.96. The van der Waals surface area contributed by atoms with Crippen molar-refractivity contribution in [1.82, 2.24) is 9.78 Å². The van der Waals surface area contributed by atoms with E-state index in [-0.39, 0.29) is 0 Å². The summed E-state index contributed by atoms with van der Waals surface area (Å²) >= 11 is 0. The highest BCUT2D eigenvalue weighted by atomic mass is 15.2. The fourth-order valence-corrected chi connectivity index (χ4v) is 0.645. The van der Waals surface area contributed by atoms with Crippen LogP contribution in [0.4, 0.5) is 0 Å². The Morgan fingerprint density at radius 2 is 2.67 bits per heavy atom. The first-order valence-electron chi connectivity index (χ1n) is 2.63. The lowest BCUT2D eigenvalue weighted by Gasteiger charge is -1.79. The Labute approximate surface area is 53.7 Å². The fourth-order valence-electron chi connectivity index (χ4n) is 0.645. The molecule has 3 heteroatoms. The molecule has 0 fully saturated rings. The quantitative estimate of drug-likeness (QED) is 0.505. The molecular formula is C6H7N3. The summed E-state index contributed by atoms with van der Waals surface area (Å²) in [6.45, 7) is 6.98. The smallest absolute Gasteiger partial charge is 0.242 e. The van der Waals surface area contributed by atoms with E-state index in [9.17, 15) is 0 Å². The molecule has 0 unspecified atom stereocenters. The Hall–Kier alpha value is -1.30. The van der Waals surface area contributed by atoms with Gasteiger partial charge in [0.15, 0.2) is 0 Å². The zero-order chi connectivity index (χ0) is 6.69. The molecule has 0 aliphatic rings. The third-order valence-electron chi connectivity index (χ3n) is 1.02. The van der Waals surface area contributed by atoms with Gasteiger partial charge in [-0.2, -0.15) is 5.10 Å². The van der Waals surface area contributed by atoms with Crippen LogP contribution in [0.5, 0.6) is 0 Å². The Morgan fingerprint density at radius 1 is 1.89 bits per heavy atom. The van der Waals surface area contributed by atoms with Crippen LogP contribution < -0.4 is 0 Å². The molecule has 0 atom stereocenters. The van der Waals surface area contributed by atoms with Crippen molar-refractivity contribution >= 4 is 0 Å². The van der Waals surface area contributed by atoms with Crippen molar-refractivity contribution in [1.29, 1.82) is 0 Å². The first-order chi connectivity index (χ1) is 4.33. The van der Waals surface area contributed by atoms with Crippen molar-refractivity contribution in [2.24, 2.45) is 7.05 Å². The molecule has 0 spiro atoms. The summed E-state index contributed by atoms with van der Waals surface area (Å²) in [6, 6.07) is 0. The number of hydrogen-bond acceptors (Lipinski definition) is 1. The SMILES string of the molecule is [C-]#[N+]Cc1cnn(C)c1. The van der Waals surface area contributed by atoms with Gasteiger partial charge in [-0.3, -0.25) is 4.68 Å². The first-order valence-corrected chi connectivity index (χ1v) is 2.63. The molecule has 1 heterocycles. The van der Waals surface area contributed by atoms with Crippen LogP contribution in [0.15, 0.2) is 12.4 Å². The second-order valence-electron chi connectivity index (χ2n) is 1.84. The summed E-state index contributed by atoms with van der Waals surface area (Å²) in [5.74, 6) is 0. The maximum absolute atomic E-state index is 6.54. The Kier molecular flexibility index (Phi) is 1.50. The molecule has 0 aromatic carbocycles. The number of rotatable bonds is 1. The van der Waals surface area contributed by atoms with Crippen molar-refractivity contribution in [3.05, 3.63) is 29.4 Å². The van der Waals surface area contributed by atoms with Gasteiger partial charge in [0.25, 0.3) is 0 Å². The molecule has 0 amide bonds. The highest BCUT2D eigenvalue weighted by Gasteiger charge is 1.94. The molecule has 0 saturated carbocycles. The number of aromatic nitrogens is 2. The largest absolute Gasteiger partial charge is 0.312 e. The van der Waals surface area contributed by atoms with E-state index in [4.69, 9.17) is 6.57 Å². The standard InChI is InChI=1S/C6H7N3/c1-7-3-6-4-8-9(2)5-6/h4-5H,3H2,2H3. The Morgan fingerprint density at radius 3 is 3.11 bits per heavy atom. The van der Waals surface area contributed by atoms with Crippen molar-refractivity contribution in [2.45, 2.75) is 6.54 Å². The monoisotopic (exact) mass is 121 g/mol. The van der Waals surface area contributed by atoms with Crippen LogP contribution in [0, 0.1) is 6.57 Å². The van der Waals surface area contributed by atoms with Gasteiger partial charge < -0.3 is 4.85 Å². The zero-order valence-corrected chi connectivity index (χ0v) is 5.20. The van der Waals surface area contributed by atoms with E-state index < -0.39 is 0 Å². The van der Waals surface area contributed by atoms with E-state index in [1.165, 1.54) is 0 Å². The third kappa shape index (κ3) is 1.29. The number of aryl methyl sites for hydroxylation is 1. The lowest BCUT2D eigenvalue weighted by molar-refractivity contribution is 0.767. The van der Waals surface area contributed by atoms with Crippen LogP contribution in [-0.4, -0.2) is 9.78 Å². The topological polar surface area (TPSA) is 22.2 Å². The van der Waals surface area contributed by atoms with E-state index in [1.807, 2.05) is 13.2 Å². The lowest BCUT2D eigenvalue weighted by Crippen LogP contribution is -1.84.